The summed E-state index contributed by atoms with van der Waals surface area (Å²) in [5.41, 5.74) is 0.895. The van der Waals surface area contributed by atoms with Gasteiger partial charge in [-0.25, -0.2) is 9.18 Å². The van der Waals surface area contributed by atoms with Crippen molar-refractivity contribution in [2.24, 2.45) is 0 Å². The molecule has 2 aromatic rings. The molecule has 2 N–H and O–H groups in total. The summed E-state index contributed by atoms with van der Waals surface area (Å²) in [5, 5.41) is 19.1. The average molecular weight is 346 g/mol. The number of carbonyl (C=O) groups is 1. The van der Waals surface area contributed by atoms with E-state index in [1.165, 1.54) is 12.3 Å². The lowest BCUT2D eigenvalue weighted by molar-refractivity contribution is 0.0694. The van der Waals surface area contributed by atoms with Crippen molar-refractivity contribution in [3.8, 4) is 0 Å². The van der Waals surface area contributed by atoms with Crippen LogP contribution in [0, 0.1) is 5.82 Å². The van der Waals surface area contributed by atoms with Crippen LogP contribution < -0.4 is 10.3 Å². The van der Waals surface area contributed by atoms with Gasteiger partial charge in [0.05, 0.1) is 17.3 Å². The van der Waals surface area contributed by atoms with E-state index in [1.807, 2.05) is 11.8 Å². The predicted octanol–water partition coefficient (Wildman–Crippen LogP) is 1.92. The Morgan fingerprint density at radius 3 is 2.64 bits per heavy atom. The van der Waals surface area contributed by atoms with Crippen LogP contribution >= 0.6 is 0 Å². The number of aliphatic hydroxyl groups is 1. The molecular formula is C18H19FN2O4. The van der Waals surface area contributed by atoms with Gasteiger partial charge >= 0.3 is 5.97 Å². The molecule has 1 atom stereocenters. The van der Waals surface area contributed by atoms with Gasteiger partial charge in [-0.2, -0.15) is 0 Å². The van der Waals surface area contributed by atoms with Gasteiger partial charge in [0.15, 0.2) is 0 Å². The van der Waals surface area contributed by atoms with E-state index in [2.05, 4.69) is 0 Å². The minimum atomic E-state index is -1.30. The lowest BCUT2D eigenvalue weighted by Crippen LogP contribution is -2.37. The van der Waals surface area contributed by atoms with E-state index >= 15 is 0 Å². The zero-order chi connectivity index (χ0) is 17.9. The number of aromatic nitrogens is 1. The van der Waals surface area contributed by atoms with Gasteiger partial charge in [-0.15, -0.1) is 0 Å². The molecule has 2 aliphatic rings. The Balaban J connectivity index is 1.97. The molecule has 1 aromatic heterocycles. The minimum Gasteiger partial charge on any atom is -0.477 e. The topological polar surface area (TPSA) is 82.8 Å². The van der Waals surface area contributed by atoms with Crippen LogP contribution in [0.3, 0.4) is 0 Å². The number of nitrogens with zero attached hydrogens (tertiary/aromatic N) is 2. The van der Waals surface area contributed by atoms with Crippen LogP contribution in [0.5, 0.6) is 0 Å². The highest BCUT2D eigenvalue weighted by molar-refractivity contribution is 5.96. The van der Waals surface area contributed by atoms with Crippen molar-refractivity contribution in [3.05, 3.63) is 39.4 Å². The zero-order valence-corrected chi connectivity index (χ0v) is 13.8. The first-order valence-corrected chi connectivity index (χ1v) is 8.45. The molecule has 0 spiro atoms. The Bertz CT molecular complexity index is 944. The third kappa shape index (κ3) is 2.33. The van der Waals surface area contributed by atoms with Crippen molar-refractivity contribution in [2.45, 2.75) is 38.3 Å². The summed E-state index contributed by atoms with van der Waals surface area (Å²) in [6, 6.07) is 1.12. The number of piperidine rings is 1. The number of benzene rings is 1. The van der Waals surface area contributed by atoms with Gasteiger partial charge < -0.3 is 19.7 Å². The first-order valence-electron chi connectivity index (χ1n) is 8.45. The molecule has 0 saturated carbocycles. The smallest absolute Gasteiger partial charge is 0.341 e. The number of rotatable bonds is 2. The molecule has 0 bridgehead atoms. The Kier molecular flexibility index (Phi) is 3.57. The molecule has 0 amide bonds. The van der Waals surface area contributed by atoms with E-state index in [1.54, 1.807) is 4.57 Å². The summed E-state index contributed by atoms with van der Waals surface area (Å²) >= 11 is 0. The molecule has 25 heavy (non-hydrogen) atoms. The number of aliphatic hydroxyl groups excluding tert-OH is 1. The molecule has 1 saturated heterocycles. The van der Waals surface area contributed by atoms with Gasteiger partial charge in [-0.1, -0.05) is 0 Å². The second kappa shape index (κ2) is 5.56. The highest BCUT2D eigenvalue weighted by Crippen LogP contribution is 2.40. The van der Waals surface area contributed by atoms with Crippen molar-refractivity contribution in [1.82, 2.24) is 4.57 Å². The van der Waals surface area contributed by atoms with Crippen molar-refractivity contribution in [1.29, 1.82) is 0 Å². The second-order valence-electron chi connectivity index (χ2n) is 6.94. The molecule has 4 rings (SSSR count). The molecular weight excluding hydrogens is 327 g/mol. The highest BCUT2D eigenvalue weighted by Gasteiger charge is 2.31. The van der Waals surface area contributed by atoms with Crippen LogP contribution in [0.15, 0.2) is 17.1 Å². The van der Waals surface area contributed by atoms with Gasteiger partial charge in [0, 0.05) is 36.3 Å². The maximum absolute atomic E-state index is 14.9. The summed E-state index contributed by atoms with van der Waals surface area (Å²) in [6.07, 6.45) is 2.72. The number of hydrogen-bond donors (Lipinski definition) is 2. The Morgan fingerprint density at radius 2 is 2.00 bits per heavy atom. The van der Waals surface area contributed by atoms with Gasteiger partial charge in [0.1, 0.15) is 11.4 Å². The predicted molar refractivity (Wildman–Crippen MR) is 91.0 cm³/mol. The zero-order valence-electron chi connectivity index (χ0n) is 13.8. The number of carboxylic acid groups (broad SMARTS) is 1. The van der Waals surface area contributed by atoms with Gasteiger partial charge in [0.2, 0.25) is 5.43 Å². The number of carboxylic acids is 1. The fraction of sp³-hybridized carbons (Fsp3) is 0.444. The largest absolute Gasteiger partial charge is 0.477 e. The van der Waals surface area contributed by atoms with Crippen molar-refractivity contribution in [2.75, 3.05) is 18.0 Å². The molecule has 3 heterocycles. The summed E-state index contributed by atoms with van der Waals surface area (Å²) in [5.74, 6) is -1.80. The summed E-state index contributed by atoms with van der Waals surface area (Å²) in [6.45, 7) is 3.04. The Morgan fingerprint density at radius 1 is 1.32 bits per heavy atom. The number of pyridine rings is 1. The number of halogens is 1. The Hall–Kier alpha value is -2.41. The Labute approximate surface area is 143 Å². The second-order valence-corrected chi connectivity index (χ2v) is 6.94. The molecule has 132 valence electrons. The van der Waals surface area contributed by atoms with Crippen molar-refractivity contribution in [3.63, 3.8) is 0 Å². The third-order valence-electron chi connectivity index (χ3n) is 5.33. The average Bonchev–Trinajstić information content (AvgIpc) is 2.88. The maximum Gasteiger partial charge on any atom is 0.341 e. The molecule has 0 radical (unpaired) electrons. The molecule has 2 aliphatic heterocycles. The number of aromatic carboxylic acids is 1. The van der Waals surface area contributed by atoms with E-state index in [4.69, 9.17) is 0 Å². The maximum atomic E-state index is 14.9. The molecule has 7 heteroatoms. The van der Waals surface area contributed by atoms with Crippen molar-refractivity contribution >= 4 is 22.6 Å². The molecule has 1 aromatic carbocycles. The highest BCUT2D eigenvalue weighted by atomic mass is 19.1. The van der Waals surface area contributed by atoms with Crippen LogP contribution in [0.4, 0.5) is 10.1 Å². The van der Waals surface area contributed by atoms with E-state index in [-0.39, 0.29) is 23.1 Å². The normalized spacial score (nSPS) is 20.4. The van der Waals surface area contributed by atoms with Crippen LogP contribution in [0.25, 0.3) is 10.9 Å². The summed E-state index contributed by atoms with van der Waals surface area (Å²) in [7, 11) is 0. The van der Waals surface area contributed by atoms with E-state index in [0.717, 1.165) is 5.56 Å². The molecule has 0 aliphatic carbocycles. The van der Waals surface area contributed by atoms with Gasteiger partial charge in [0.25, 0.3) is 0 Å². The van der Waals surface area contributed by atoms with Crippen LogP contribution in [0.2, 0.25) is 0 Å². The number of hydrogen-bond acceptors (Lipinski definition) is 4. The van der Waals surface area contributed by atoms with Crippen LogP contribution in [-0.2, 0) is 6.42 Å². The van der Waals surface area contributed by atoms with Crippen LogP contribution in [0.1, 0.15) is 41.7 Å². The fourth-order valence-corrected chi connectivity index (χ4v) is 4.08. The standard InChI is InChI=1S/C18H19FN2O4/c1-9-6-11-15-12(17(23)13(18(24)25)8-21(9)15)7-14(19)16(11)20-4-2-10(22)3-5-20/h7-10,22H,2-6H2,1H3,(H,24,25). The van der Waals surface area contributed by atoms with E-state index in [9.17, 15) is 24.2 Å². The molecule has 1 fully saturated rings. The first kappa shape index (κ1) is 16.1. The SMILES string of the molecule is CC1Cc2c(N3CCC(O)CC3)c(F)cc3c(=O)c(C(=O)O)cn1c23. The van der Waals surface area contributed by atoms with Gasteiger partial charge in [-0.05, 0) is 32.3 Å². The molecule has 1 unspecified atom stereocenters. The monoisotopic (exact) mass is 346 g/mol. The lowest BCUT2D eigenvalue weighted by Gasteiger charge is -2.33. The minimum absolute atomic E-state index is 0.0490. The quantitative estimate of drug-likeness (QED) is 0.868. The van der Waals surface area contributed by atoms with E-state index < -0.39 is 17.2 Å². The summed E-state index contributed by atoms with van der Waals surface area (Å²) in [4.78, 5) is 25.8. The summed E-state index contributed by atoms with van der Waals surface area (Å²) < 4.78 is 16.7. The van der Waals surface area contributed by atoms with Crippen molar-refractivity contribution < 1.29 is 19.4 Å². The lowest BCUT2D eigenvalue weighted by atomic mass is 10.0. The fourth-order valence-electron chi connectivity index (χ4n) is 4.08. The molecule has 6 nitrogen and oxygen atoms in total. The van der Waals surface area contributed by atoms with E-state index in [0.29, 0.717) is 43.6 Å². The first-order chi connectivity index (χ1) is 11.9. The van der Waals surface area contributed by atoms with Gasteiger partial charge in [-0.3, -0.25) is 4.79 Å². The third-order valence-corrected chi connectivity index (χ3v) is 5.33. The number of anilines is 1. The van der Waals surface area contributed by atoms with Crippen LogP contribution in [-0.4, -0.2) is 39.9 Å².